The summed E-state index contributed by atoms with van der Waals surface area (Å²) < 4.78 is 35.6. The van der Waals surface area contributed by atoms with E-state index in [4.69, 9.17) is 0 Å². The van der Waals surface area contributed by atoms with Gasteiger partial charge in [0.05, 0.1) is 6.20 Å². The van der Waals surface area contributed by atoms with E-state index >= 15 is 0 Å². The van der Waals surface area contributed by atoms with Crippen LogP contribution in [0.2, 0.25) is 0 Å². The van der Waals surface area contributed by atoms with Crippen molar-refractivity contribution in [3.8, 4) is 0 Å². The lowest BCUT2D eigenvalue weighted by atomic mass is 10.3. The van der Waals surface area contributed by atoms with Crippen molar-refractivity contribution < 1.29 is 18.0 Å². The third-order valence-corrected chi connectivity index (χ3v) is 1.63. The Morgan fingerprint density at radius 3 is 2.64 bits per heavy atom. The average Bonchev–Trinajstić information content (AvgIpc) is 2.47. The van der Waals surface area contributed by atoms with Crippen LogP contribution in [0.15, 0.2) is 30.5 Å². The molecule has 0 saturated carbocycles. The highest BCUT2D eigenvalue weighted by Crippen LogP contribution is 2.17. The van der Waals surface area contributed by atoms with Gasteiger partial charge in [0.2, 0.25) is 0 Å². The van der Waals surface area contributed by atoms with Crippen LogP contribution in [-0.4, -0.2) is 16.3 Å². The number of benzene rings is 1. The van der Waals surface area contributed by atoms with Crippen molar-refractivity contribution in [2.45, 2.75) is 6.36 Å². The Hall–Kier alpha value is -1.72. The smallest absolute Gasteiger partial charge is 0.295 e. The summed E-state index contributed by atoms with van der Waals surface area (Å²) >= 11 is 0. The lowest BCUT2D eigenvalue weighted by Crippen LogP contribution is -2.27. The lowest BCUT2D eigenvalue weighted by Gasteiger charge is -2.07. The van der Waals surface area contributed by atoms with Crippen molar-refractivity contribution >= 4 is 10.9 Å². The Morgan fingerprint density at radius 2 is 1.93 bits per heavy atom. The molecule has 14 heavy (non-hydrogen) atoms. The minimum atomic E-state index is -4.73. The van der Waals surface area contributed by atoms with E-state index in [1.54, 1.807) is 18.2 Å². The third kappa shape index (κ3) is 1.63. The minimum absolute atomic E-state index is 0.282. The van der Waals surface area contributed by atoms with Crippen LogP contribution in [0.3, 0.4) is 0 Å². The Balaban J connectivity index is 2.44. The molecule has 2 rings (SSSR count). The van der Waals surface area contributed by atoms with E-state index in [0.29, 0.717) is 10.2 Å². The molecule has 0 atom stereocenters. The highest BCUT2D eigenvalue weighted by molar-refractivity contribution is 5.77. The van der Waals surface area contributed by atoms with Crippen molar-refractivity contribution in [3.63, 3.8) is 0 Å². The first-order valence-corrected chi connectivity index (χ1v) is 3.75. The fourth-order valence-corrected chi connectivity index (χ4v) is 1.12. The first-order valence-electron chi connectivity index (χ1n) is 3.75. The Kier molecular flexibility index (Phi) is 1.83. The summed E-state index contributed by atoms with van der Waals surface area (Å²) in [6.45, 7) is 0. The van der Waals surface area contributed by atoms with Gasteiger partial charge in [-0.15, -0.1) is 18.3 Å². The molecule has 1 aromatic carbocycles. The van der Waals surface area contributed by atoms with E-state index in [1.165, 1.54) is 12.3 Å². The van der Waals surface area contributed by atoms with Crippen molar-refractivity contribution in [2.24, 2.45) is 0 Å². The van der Waals surface area contributed by atoms with Crippen molar-refractivity contribution in [2.75, 3.05) is 0 Å². The molecule has 3 nitrogen and oxygen atoms in total. The van der Waals surface area contributed by atoms with Gasteiger partial charge in [0, 0.05) is 5.39 Å². The van der Waals surface area contributed by atoms with Crippen LogP contribution in [-0.2, 0) is 0 Å². The van der Waals surface area contributed by atoms with Gasteiger partial charge in [0.25, 0.3) is 0 Å². The molecule has 0 fully saturated rings. The van der Waals surface area contributed by atoms with Crippen LogP contribution in [0.5, 0.6) is 0 Å². The van der Waals surface area contributed by atoms with E-state index in [9.17, 15) is 13.2 Å². The Bertz CT molecular complexity index is 449. The number of halogens is 3. The maximum atomic E-state index is 11.9. The minimum Gasteiger partial charge on any atom is -0.295 e. The van der Waals surface area contributed by atoms with Gasteiger partial charge in [0.1, 0.15) is 5.52 Å². The number of fused-ring (bicyclic) bond motifs is 1. The maximum Gasteiger partial charge on any atom is 0.593 e. The van der Waals surface area contributed by atoms with Crippen LogP contribution in [0.1, 0.15) is 0 Å². The van der Waals surface area contributed by atoms with E-state index < -0.39 is 6.36 Å². The van der Waals surface area contributed by atoms with Gasteiger partial charge in [-0.1, -0.05) is 23.0 Å². The third-order valence-electron chi connectivity index (χ3n) is 1.63. The summed E-state index contributed by atoms with van der Waals surface area (Å²) in [5, 5.41) is 4.05. The predicted molar refractivity (Wildman–Crippen MR) is 42.4 cm³/mol. The Morgan fingerprint density at radius 1 is 1.21 bits per heavy atom. The fraction of sp³-hybridized carbons (Fsp3) is 0.125. The SMILES string of the molecule is FC(F)(F)On1ncc2ccccc21. The van der Waals surface area contributed by atoms with Crippen molar-refractivity contribution in [1.82, 2.24) is 9.94 Å². The zero-order valence-corrected chi connectivity index (χ0v) is 6.82. The normalized spacial score (nSPS) is 11.9. The summed E-state index contributed by atoms with van der Waals surface area (Å²) in [6.07, 6.45) is -3.42. The van der Waals surface area contributed by atoms with Gasteiger partial charge in [-0.3, -0.25) is 4.84 Å². The number of aromatic nitrogens is 2. The predicted octanol–water partition coefficient (Wildman–Crippen LogP) is 1.98. The second-order valence-corrected chi connectivity index (χ2v) is 2.61. The molecule has 0 aliphatic rings. The monoisotopic (exact) mass is 202 g/mol. The van der Waals surface area contributed by atoms with Crippen LogP contribution >= 0.6 is 0 Å². The van der Waals surface area contributed by atoms with Crippen molar-refractivity contribution in [1.29, 1.82) is 0 Å². The molecule has 0 N–H and O–H groups in total. The molecule has 0 amide bonds. The summed E-state index contributed by atoms with van der Waals surface area (Å²) in [5.41, 5.74) is 0.282. The summed E-state index contributed by atoms with van der Waals surface area (Å²) in [5.74, 6) is 0. The molecule has 0 saturated heterocycles. The van der Waals surface area contributed by atoms with Crippen molar-refractivity contribution in [3.05, 3.63) is 30.5 Å². The van der Waals surface area contributed by atoms with E-state index in [0.717, 1.165) is 0 Å². The second kappa shape index (κ2) is 2.90. The van der Waals surface area contributed by atoms with Crippen LogP contribution in [0.4, 0.5) is 13.2 Å². The zero-order chi connectivity index (χ0) is 10.2. The summed E-state index contributed by atoms with van der Waals surface area (Å²) in [7, 11) is 0. The quantitative estimate of drug-likeness (QED) is 0.707. The van der Waals surface area contributed by atoms with E-state index in [-0.39, 0.29) is 5.52 Å². The van der Waals surface area contributed by atoms with Gasteiger partial charge in [-0.05, 0) is 6.07 Å². The molecule has 2 aromatic rings. The summed E-state index contributed by atoms with van der Waals surface area (Å²) in [6, 6.07) is 6.47. The number of rotatable bonds is 1. The van der Waals surface area contributed by atoms with E-state index in [2.05, 4.69) is 9.94 Å². The topological polar surface area (TPSA) is 27.1 Å². The molecular formula is C8H5F3N2O. The molecular weight excluding hydrogens is 197 g/mol. The molecule has 1 heterocycles. The molecule has 0 aliphatic heterocycles. The van der Waals surface area contributed by atoms with Gasteiger partial charge >= 0.3 is 6.36 Å². The number of hydrogen-bond acceptors (Lipinski definition) is 2. The second-order valence-electron chi connectivity index (χ2n) is 2.61. The number of nitrogens with zero attached hydrogens (tertiary/aromatic N) is 2. The molecule has 0 unspecified atom stereocenters. The molecule has 1 aromatic heterocycles. The number of hydrogen-bond donors (Lipinski definition) is 0. The number of alkyl halides is 3. The molecule has 6 heteroatoms. The van der Waals surface area contributed by atoms with Gasteiger partial charge < -0.3 is 0 Å². The van der Waals surface area contributed by atoms with E-state index in [1.807, 2.05) is 0 Å². The summed E-state index contributed by atoms with van der Waals surface area (Å²) in [4.78, 5) is 4.11. The average molecular weight is 202 g/mol. The van der Waals surface area contributed by atoms with Gasteiger partial charge in [0.15, 0.2) is 0 Å². The first kappa shape index (κ1) is 8.86. The largest absolute Gasteiger partial charge is 0.593 e. The van der Waals surface area contributed by atoms with Gasteiger partial charge in [-0.25, -0.2) is 0 Å². The van der Waals surface area contributed by atoms with Crippen LogP contribution < -0.4 is 4.84 Å². The lowest BCUT2D eigenvalue weighted by molar-refractivity contribution is -0.326. The maximum absolute atomic E-state index is 11.9. The van der Waals surface area contributed by atoms with Gasteiger partial charge in [-0.2, -0.15) is 0 Å². The molecule has 0 radical (unpaired) electrons. The molecule has 0 bridgehead atoms. The molecule has 0 aliphatic carbocycles. The Labute approximate surface area is 76.6 Å². The first-order chi connectivity index (χ1) is 6.56. The molecule has 0 spiro atoms. The van der Waals surface area contributed by atoms with Crippen LogP contribution in [0.25, 0.3) is 10.9 Å². The number of para-hydroxylation sites is 1. The highest BCUT2D eigenvalue weighted by atomic mass is 19.4. The molecule has 74 valence electrons. The van der Waals surface area contributed by atoms with Crippen LogP contribution in [0, 0.1) is 0 Å². The fourth-order valence-electron chi connectivity index (χ4n) is 1.12. The standard InChI is InChI=1S/C8H5F3N2O/c9-8(10,11)14-13-7-4-2-1-3-6(7)5-12-13/h1-5H. The zero-order valence-electron chi connectivity index (χ0n) is 6.82. The highest BCUT2D eigenvalue weighted by Gasteiger charge is 2.33.